The van der Waals surface area contributed by atoms with Crippen molar-refractivity contribution in [2.75, 3.05) is 19.7 Å². The van der Waals surface area contributed by atoms with E-state index in [1.54, 1.807) is 6.07 Å². The van der Waals surface area contributed by atoms with E-state index in [9.17, 15) is 0 Å². The molecular weight excluding hydrogens is 315 g/mol. The summed E-state index contributed by atoms with van der Waals surface area (Å²) in [6, 6.07) is 5.56. The molecule has 1 aromatic rings. The van der Waals surface area contributed by atoms with Crippen LogP contribution in [0.1, 0.15) is 0 Å². The molecule has 3 nitrogen and oxygen atoms in total. The minimum Gasteiger partial charge on any atom is -0.483 e. The number of nitrogens with zero attached hydrogens (tertiary/aromatic N) is 1. The Morgan fingerprint density at radius 1 is 1.50 bits per heavy atom. The normalized spacial score (nSPS) is 13.8. The first-order chi connectivity index (χ1) is 7.27. The van der Waals surface area contributed by atoms with Crippen molar-refractivity contribution in [3.8, 4) is 5.75 Å². The van der Waals surface area contributed by atoms with Gasteiger partial charge in [-0.25, -0.2) is 0 Å². The predicted octanol–water partition coefficient (Wildman–Crippen LogP) is 2.90. The molecule has 0 radical (unpaired) electrons. The van der Waals surface area contributed by atoms with Gasteiger partial charge in [0.1, 0.15) is 12.4 Å². The third-order valence-electron chi connectivity index (χ3n) is 2.02. The molecule has 0 atom stereocenters. The Hall–Kier alpha value is -0.450. The van der Waals surface area contributed by atoms with Gasteiger partial charge >= 0.3 is 0 Å². The summed E-state index contributed by atoms with van der Waals surface area (Å²) in [5.41, 5.74) is 0. The molecule has 2 rings (SSSR count). The maximum absolute atomic E-state index is 6.00. The average molecular weight is 326 g/mol. The molecular formula is C10H11BrCl2N2O. The first-order valence-electron chi connectivity index (χ1n) is 4.61. The third kappa shape index (κ3) is 3.27. The monoisotopic (exact) mass is 324 g/mol. The number of ether oxygens (including phenoxy) is 1. The minimum absolute atomic E-state index is 0. The molecule has 16 heavy (non-hydrogen) atoms. The number of amidine groups is 1. The third-order valence-corrected chi connectivity index (χ3v) is 2.94. The second-order valence-electron chi connectivity index (χ2n) is 3.09. The molecule has 1 aromatic carbocycles. The van der Waals surface area contributed by atoms with Gasteiger partial charge in [-0.05, 0) is 28.1 Å². The van der Waals surface area contributed by atoms with Crippen LogP contribution in [0, 0.1) is 0 Å². The molecule has 0 spiro atoms. The van der Waals surface area contributed by atoms with Gasteiger partial charge < -0.3 is 10.1 Å². The van der Waals surface area contributed by atoms with E-state index in [2.05, 4.69) is 26.2 Å². The van der Waals surface area contributed by atoms with Gasteiger partial charge in [-0.15, -0.1) is 12.4 Å². The number of hydrogen-bond donors (Lipinski definition) is 1. The number of nitrogens with one attached hydrogen (secondary N) is 1. The van der Waals surface area contributed by atoms with Crippen LogP contribution in [0.15, 0.2) is 27.7 Å². The topological polar surface area (TPSA) is 33.6 Å². The van der Waals surface area contributed by atoms with E-state index in [1.165, 1.54) is 0 Å². The molecule has 0 unspecified atom stereocenters. The Morgan fingerprint density at radius 3 is 2.94 bits per heavy atom. The zero-order chi connectivity index (χ0) is 10.7. The van der Waals surface area contributed by atoms with Gasteiger partial charge in [0.05, 0.1) is 16.0 Å². The summed E-state index contributed by atoms with van der Waals surface area (Å²) in [6.07, 6.45) is 0. The summed E-state index contributed by atoms with van der Waals surface area (Å²) in [7, 11) is 0. The van der Waals surface area contributed by atoms with Crippen LogP contribution >= 0.6 is 39.9 Å². The molecule has 6 heteroatoms. The van der Waals surface area contributed by atoms with Crippen LogP contribution in [0.25, 0.3) is 0 Å². The van der Waals surface area contributed by atoms with Gasteiger partial charge in [0.25, 0.3) is 0 Å². The zero-order valence-electron chi connectivity index (χ0n) is 8.37. The lowest BCUT2D eigenvalue weighted by molar-refractivity contribution is 0.371. The first kappa shape index (κ1) is 13.6. The van der Waals surface area contributed by atoms with E-state index >= 15 is 0 Å². The van der Waals surface area contributed by atoms with Crippen LogP contribution in [0.4, 0.5) is 0 Å². The summed E-state index contributed by atoms with van der Waals surface area (Å²) in [5.74, 6) is 1.54. The molecule has 0 bridgehead atoms. The number of benzene rings is 1. The highest BCUT2D eigenvalue weighted by molar-refractivity contribution is 9.10. The van der Waals surface area contributed by atoms with Gasteiger partial charge in [0.15, 0.2) is 5.75 Å². The lowest BCUT2D eigenvalue weighted by Crippen LogP contribution is -2.25. The van der Waals surface area contributed by atoms with E-state index in [0.29, 0.717) is 17.4 Å². The first-order valence-corrected chi connectivity index (χ1v) is 5.78. The second-order valence-corrected chi connectivity index (χ2v) is 4.36. The summed E-state index contributed by atoms with van der Waals surface area (Å²) >= 11 is 9.39. The lowest BCUT2D eigenvalue weighted by atomic mass is 10.3. The van der Waals surface area contributed by atoms with Crippen LogP contribution in [0.3, 0.4) is 0 Å². The largest absolute Gasteiger partial charge is 0.483 e. The predicted molar refractivity (Wildman–Crippen MR) is 72.2 cm³/mol. The molecule has 0 amide bonds. The van der Waals surface area contributed by atoms with Gasteiger partial charge in [0.2, 0.25) is 0 Å². The summed E-state index contributed by atoms with van der Waals surface area (Å²) in [6.45, 7) is 2.15. The van der Waals surface area contributed by atoms with E-state index in [0.717, 1.165) is 23.4 Å². The van der Waals surface area contributed by atoms with Crippen molar-refractivity contribution >= 4 is 45.8 Å². The Bertz CT molecular complexity index is 378. The molecule has 1 aliphatic heterocycles. The van der Waals surface area contributed by atoms with Crippen LogP contribution < -0.4 is 10.1 Å². The zero-order valence-corrected chi connectivity index (χ0v) is 11.5. The maximum atomic E-state index is 6.00. The van der Waals surface area contributed by atoms with Crippen LogP contribution in [0.5, 0.6) is 5.75 Å². The average Bonchev–Trinajstić information content (AvgIpc) is 2.70. The molecule has 1 aliphatic rings. The Kier molecular flexibility index (Phi) is 5.38. The Morgan fingerprint density at radius 2 is 2.31 bits per heavy atom. The maximum Gasteiger partial charge on any atom is 0.152 e. The van der Waals surface area contributed by atoms with Crippen molar-refractivity contribution < 1.29 is 4.74 Å². The SMILES string of the molecule is Cl.Clc1cccc(Br)c1OCC1=NCCN1. The van der Waals surface area contributed by atoms with E-state index in [1.807, 2.05) is 12.1 Å². The van der Waals surface area contributed by atoms with Crippen molar-refractivity contribution in [2.24, 2.45) is 4.99 Å². The number of para-hydroxylation sites is 1. The minimum atomic E-state index is 0. The van der Waals surface area contributed by atoms with Crippen LogP contribution in [-0.4, -0.2) is 25.5 Å². The van der Waals surface area contributed by atoms with Crippen LogP contribution in [0.2, 0.25) is 5.02 Å². The molecule has 0 saturated carbocycles. The van der Waals surface area contributed by atoms with Gasteiger partial charge in [-0.1, -0.05) is 17.7 Å². The fraction of sp³-hybridized carbons (Fsp3) is 0.300. The summed E-state index contributed by atoms with van der Waals surface area (Å²) in [5, 5.41) is 3.73. The highest BCUT2D eigenvalue weighted by Crippen LogP contribution is 2.32. The van der Waals surface area contributed by atoms with Gasteiger partial charge in [0, 0.05) is 6.54 Å². The second kappa shape index (κ2) is 6.33. The fourth-order valence-electron chi connectivity index (χ4n) is 1.30. The number of aliphatic imine (C=N–C) groups is 1. The van der Waals surface area contributed by atoms with Crippen molar-refractivity contribution in [2.45, 2.75) is 0 Å². The molecule has 88 valence electrons. The fourth-order valence-corrected chi connectivity index (χ4v) is 2.13. The number of hydrogen-bond acceptors (Lipinski definition) is 3. The molecule has 0 aromatic heterocycles. The van der Waals surface area contributed by atoms with Crippen molar-refractivity contribution in [1.82, 2.24) is 5.32 Å². The van der Waals surface area contributed by atoms with E-state index in [-0.39, 0.29) is 12.4 Å². The van der Waals surface area contributed by atoms with Gasteiger partial charge in [-0.3, -0.25) is 4.99 Å². The lowest BCUT2D eigenvalue weighted by Gasteiger charge is -2.09. The molecule has 1 heterocycles. The number of halogens is 3. The Labute approximate surface area is 114 Å². The molecule has 1 N–H and O–H groups in total. The van der Waals surface area contributed by atoms with Crippen molar-refractivity contribution in [1.29, 1.82) is 0 Å². The summed E-state index contributed by atoms with van der Waals surface area (Å²) in [4.78, 5) is 4.23. The van der Waals surface area contributed by atoms with Gasteiger partial charge in [-0.2, -0.15) is 0 Å². The summed E-state index contributed by atoms with van der Waals surface area (Å²) < 4.78 is 6.43. The van der Waals surface area contributed by atoms with E-state index in [4.69, 9.17) is 16.3 Å². The Balaban J connectivity index is 0.00000128. The quantitative estimate of drug-likeness (QED) is 0.927. The van der Waals surface area contributed by atoms with Crippen molar-refractivity contribution in [3.63, 3.8) is 0 Å². The van der Waals surface area contributed by atoms with Crippen LogP contribution in [-0.2, 0) is 0 Å². The van der Waals surface area contributed by atoms with Crippen molar-refractivity contribution in [3.05, 3.63) is 27.7 Å². The smallest absolute Gasteiger partial charge is 0.152 e. The van der Waals surface area contributed by atoms with E-state index < -0.39 is 0 Å². The highest BCUT2D eigenvalue weighted by atomic mass is 79.9. The molecule has 0 fully saturated rings. The standard InChI is InChI=1S/C10H10BrClN2O.ClH/c11-7-2-1-3-8(12)10(7)15-6-9-13-4-5-14-9;/h1-3H,4-6H2,(H,13,14);1H. The number of rotatable bonds is 3. The highest BCUT2D eigenvalue weighted by Gasteiger charge is 2.09. The molecule has 0 aliphatic carbocycles. The molecule has 0 saturated heterocycles.